The summed E-state index contributed by atoms with van der Waals surface area (Å²) in [6, 6.07) is 151. The molecule has 602 valence electrons. The normalized spacial score (nSPS) is 11.4. The van der Waals surface area contributed by atoms with Gasteiger partial charge in [0.2, 0.25) is 0 Å². The van der Waals surface area contributed by atoms with Crippen molar-refractivity contribution in [2.75, 3.05) is 0 Å². The molecule has 0 bridgehead atoms. The number of nitriles is 3. The van der Waals surface area contributed by atoms with Gasteiger partial charge in [-0.3, -0.25) is 0 Å². The van der Waals surface area contributed by atoms with Gasteiger partial charge in [0.1, 0.15) is 0 Å². The van der Waals surface area contributed by atoms with Gasteiger partial charge in [-0.2, -0.15) is 15.8 Å². The molecule has 2 aromatic heterocycles. The molecule has 21 aromatic rings. The molecule has 0 aliphatic heterocycles. The maximum absolute atomic E-state index is 11.1. The van der Waals surface area contributed by atoms with Gasteiger partial charge in [-0.25, -0.2) is 29.9 Å². The van der Waals surface area contributed by atoms with E-state index < -0.39 is 0 Å². The number of aromatic nitrogens is 6. The highest BCUT2D eigenvalue weighted by Gasteiger charge is 2.27. The Labute approximate surface area is 752 Å². The van der Waals surface area contributed by atoms with Crippen molar-refractivity contribution in [1.29, 1.82) is 15.8 Å². The molecule has 0 N–H and O–H groups in total. The Balaban J connectivity index is 0.477. The zero-order valence-electron chi connectivity index (χ0n) is 70.5. The van der Waals surface area contributed by atoms with Gasteiger partial charge < -0.3 is 0 Å². The molecule has 9 heteroatoms. The van der Waals surface area contributed by atoms with Crippen LogP contribution in [0.25, 0.3) is 235 Å². The predicted molar refractivity (Wildman–Crippen MR) is 527 cm³/mol. The monoisotopic (exact) mass is 1650 g/mol. The first-order valence-corrected chi connectivity index (χ1v) is 43.5. The number of rotatable bonds is 17. The van der Waals surface area contributed by atoms with Crippen molar-refractivity contribution in [1.82, 2.24) is 29.9 Å². The third-order valence-electron chi connectivity index (χ3n) is 25.6. The van der Waals surface area contributed by atoms with Gasteiger partial charge >= 0.3 is 0 Å². The third-order valence-corrected chi connectivity index (χ3v) is 25.6. The lowest BCUT2D eigenvalue weighted by Crippen LogP contribution is -2.01. The van der Waals surface area contributed by atoms with E-state index >= 15 is 0 Å². The first kappa shape index (κ1) is 77.0. The largest absolute Gasteiger partial charge is 0.208 e. The Kier molecular flexibility index (Phi) is 19.2. The Hall–Kier alpha value is -17.8. The zero-order valence-corrected chi connectivity index (χ0v) is 70.5. The Morgan fingerprint density at radius 1 is 0.192 bits per heavy atom. The molecule has 0 amide bonds. The fourth-order valence-electron chi connectivity index (χ4n) is 19.0. The Morgan fingerprint density at radius 2 is 0.554 bits per heavy atom. The van der Waals surface area contributed by atoms with Crippen LogP contribution in [0.1, 0.15) is 33.4 Å². The first-order chi connectivity index (χ1) is 64.1. The van der Waals surface area contributed by atoms with Crippen LogP contribution < -0.4 is 0 Å². The fourth-order valence-corrected chi connectivity index (χ4v) is 19.0. The van der Waals surface area contributed by atoms with E-state index in [1.807, 2.05) is 140 Å². The lowest BCUT2D eigenvalue weighted by atomic mass is 9.89. The average Bonchev–Trinajstić information content (AvgIpc) is 1.58. The molecule has 23 rings (SSSR count). The summed E-state index contributed by atoms with van der Waals surface area (Å²) in [5.74, 6) is 3.26. The number of hydrogen-bond donors (Lipinski definition) is 0. The van der Waals surface area contributed by atoms with Crippen LogP contribution in [0, 0.1) is 40.9 Å². The summed E-state index contributed by atoms with van der Waals surface area (Å²) in [6.07, 6.45) is 0.726. The Bertz CT molecular complexity index is 8260. The van der Waals surface area contributed by atoms with E-state index in [1.54, 1.807) is 0 Å². The highest BCUT2D eigenvalue weighted by atomic mass is 15.0. The van der Waals surface area contributed by atoms with Crippen molar-refractivity contribution in [3.05, 3.63) is 446 Å². The second-order valence-corrected chi connectivity index (χ2v) is 33.4. The molecule has 0 fully saturated rings. The van der Waals surface area contributed by atoms with E-state index in [0.717, 1.165) is 146 Å². The topological polar surface area (TPSA) is 149 Å². The van der Waals surface area contributed by atoms with E-state index in [1.165, 1.54) is 77.2 Å². The standard InChI is InChI=1S/C121H73N9/c1-74-28-35-86(36-29-74)119-128-120(130-121(129-119)111-24-10-9-21-103(111)102-61-58-93(68-97(102)73-124)100-20-6-5-19-99(100)83-47-49-84(50-48-83)101-62-63-110-105-23-8-7-22-104(105)108-27-13-26-107(101)115(108)110)87-39-30-75(31-40-87)64-77-34-59-106-112(65-77)109-25-12-18-94-69-95(70-113(106)114(94)109)81-43-41-80(42-44-81)90-16-11-17-91(66-90)92-57-60-98(96(67-92)72-123)82-51-55-89(56-52-82)118-126-116(85-14-3-2-4-15-85)125-117(127-118)88-53-45-79(46-54-88)78-37-32-76(71-122)33-38-78/h2-63,65-70H,64H2,1H3. The molecule has 2 aliphatic rings. The van der Waals surface area contributed by atoms with Crippen molar-refractivity contribution in [2.45, 2.75) is 13.3 Å². The van der Waals surface area contributed by atoms with Crippen molar-refractivity contribution in [2.24, 2.45) is 0 Å². The number of fused-ring (bicyclic) bond motifs is 6. The van der Waals surface area contributed by atoms with Gasteiger partial charge in [-0.15, -0.1) is 0 Å². The molecule has 0 saturated heterocycles. The summed E-state index contributed by atoms with van der Waals surface area (Å²) in [5, 5.41) is 36.2. The van der Waals surface area contributed by atoms with Crippen LogP contribution in [0.15, 0.2) is 413 Å². The zero-order chi connectivity index (χ0) is 86.9. The van der Waals surface area contributed by atoms with Crippen LogP contribution in [-0.2, 0) is 6.42 Å². The van der Waals surface area contributed by atoms with Crippen LogP contribution in [0.5, 0.6) is 0 Å². The number of nitrogens with zero attached hydrogens (tertiary/aromatic N) is 9. The SMILES string of the molecule is Cc1ccc(-c2nc(-c3ccc(Cc4ccc5c(c4)-c4cccc6cc(-c7ccc(-c8cccc(-c9ccc(-c%10ccc(-c%11nc(-c%12ccccc%12)nc(-c%12ccc(-c%13ccc(C#N)cc%13)cc%12)n%11)cc%10)c(C#N)c9)c8)cc7)cc-5c46)cc3)nc(-c3ccccc3-c3ccc(-c4ccccc4-c4ccc(-c5ccc6c7c(cccc57)-c5ccccc5-6)cc4)cc3C#N)n2)cc1. The molecule has 9 nitrogen and oxygen atoms in total. The summed E-state index contributed by atoms with van der Waals surface area (Å²) in [7, 11) is 0. The maximum Gasteiger partial charge on any atom is 0.164 e. The molecule has 0 spiro atoms. The number of benzene rings is 19. The highest BCUT2D eigenvalue weighted by molar-refractivity contribution is 6.19. The van der Waals surface area contributed by atoms with Gasteiger partial charge in [0.15, 0.2) is 34.9 Å². The number of aryl methyl sites for hydroxylation is 1. The number of hydrogen-bond acceptors (Lipinski definition) is 9. The van der Waals surface area contributed by atoms with Crippen molar-refractivity contribution in [3.8, 4) is 231 Å². The fraction of sp³-hybridized carbons (Fsp3) is 0.0165. The molecule has 2 aliphatic carbocycles. The van der Waals surface area contributed by atoms with Crippen LogP contribution in [0.2, 0.25) is 0 Å². The minimum Gasteiger partial charge on any atom is -0.208 e. The van der Waals surface area contributed by atoms with E-state index in [0.29, 0.717) is 51.6 Å². The molecule has 130 heavy (non-hydrogen) atoms. The lowest BCUT2D eigenvalue weighted by Gasteiger charge is -2.15. The van der Waals surface area contributed by atoms with Gasteiger partial charge in [0.25, 0.3) is 0 Å². The van der Waals surface area contributed by atoms with Crippen molar-refractivity contribution in [3.63, 3.8) is 0 Å². The summed E-state index contributed by atoms with van der Waals surface area (Å²) >= 11 is 0. The average molecular weight is 1650 g/mol. The maximum atomic E-state index is 11.1. The highest BCUT2D eigenvalue weighted by Crippen LogP contribution is 2.52. The van der Waals surface area contributed by atoms with Crippen LogP contribution in [-0.4, -0.2) is 29.9 Å². The van der Waals surface area contributed by atoms with E-state index in [9.17, 15) is 15.8 Å². The molecular weight excluding hydrogens is 1580 g/mol. The van der Waals surface area contributed by atoms with Gasteiger partial charge in [-0.05, 0) is 228 Å². The summed E-state index contributed by atoms with van der Waals surface area (Å²) in [4.78, 5) is 30.7. The van der Waals surface area contributed by atoms with E-state index in [2.05, 4.69) is 298 Å². The predicted octanol–water partition coefficient (Wildman–Crippen LogP) is 30.2. The lowest BCUT2D eigenvalue weighted by molar-refractivity contribution is 1.07. The molecule has 2 heterocycles. The van der Waals surface area contributed by atoms with Crippen LogP contribution >= 0.6 is 0 Å². The molecule has 0 radical (unpaired) electrons. The molecule has 0 atom stereocenters. The summed E-state index contributed by atoms with van der Waals surface area (Å²) < 4.78 is 0. The summed E-state index contributed by atoms with van der Waals surface area (Å²) in [6.45, 7) is 2.08. The van der Waals surface area contributed by atoms with Crippen LogP contribution in [0.4, 0.5) is 0 Å². The summed E-state index contributed by atoms with van der Waals surface area (Å²) in [5.41, 5.74) is 38.8. The van der Waals surface area contributed by atoms with Crippen molar-refractivity contribution < 1.29 is 0 Å². The van der Waals surface area contributed by atoms with Gasteiger partial charge in [0.05, 0.1) is 34.9 Å². The van der Waals surface area contributed by atoms with E-state index in [4.69, 9.17) is 29.9 Å². The second kappa shape index (κ2) is 32.4. The minimum absolute atomic E-state index is 0.510. The minimum atomic E-state index is 0.510. The first-order valence-electron chi connectivity index (χ1n) is 43.5. The second-order valence-electron chi connectivity index (χ2n) is 33.4. The Morgan fingerprint density at radius 3 is 1.16 bits per heavy atom. The molecular formula is C121H73N9. The van der Waals surface area contributed by atoms with E-state index in [-0.39, 0.29) is 0 Å². The molecule has 0 unspecified atom stereocenters. The van der Waals surface area contributed by atoms with Gasteiger partial charge in [0, 0.05) is 38.9 Å². The quantitative estimate of drug-likeness (QED) is 0.0868. The third kappa shape index (κ3) is 14.1. The van der Waals surface area contributed by atoms with Crippen molar-refractivity contribution >= 4 is 21.5 Å². The molecule has 19 aromatic carbocycles. The van der Waals surface area contributed by atoms with Gasteiger partial charge in [-0.1, -0.05) is 376 Å². The molecule has 0 saturated carbocycles. The smallest absolute Gasteiger partial charge is 0.164 e. The van der Waals surface area contributed by atoms with Crippen LogP contribution in [0.3, 0.4) is 0 Å².